The van der Waals surface area contributed by atoms with Gasteiger partial charge in [-0.2, -0.15) is 5.26 Å². The molecule has 0 heterocycles. The summed E-state index contributed by atoms with van der Waals surface area (Å²) in [5, 5.41) is 16.0. The molecule has 11 heavy (non-hydrogen) atoms. The van der Waals surface area contributed by atoms with Gasteiger partial charge in [-0.05, 0) is 12.8 Å². The number of rotatable bonds is 4. The molecule has 0 radical (unpaired) electrons. The van der Waals surface area contributed by atoms with Gasteiger partial charge in [-0.15, -0.1) is 5.26 Å². The van der Waals surface area contributed by atoms with E-state index in [1.165, 1.54) is 6.26 Å². The Bertz CT molecular complexity index is 199. The normalized spacial score (nSPS) is 7.82. The Balaban J connectivity index is 3.20. The Morgan fingerprint density at radius 3 is 2.64 bits per heavy atom. The second-order valence-electron chi connectivity index (χ2n) is 1.93. The molecule has 0 aliphatic carbocycles. The highest BCUT2D eigenvalue weighted by atomic mass is 16.5. The third-order valence-corrected chi connectivity index (χ3v) is 1.08. The van der Waals surface area contributed by atoms with Crippen molar-refractivity contribution in [1.82, 2.24) is 0 Å². The predicted octanol–water partition coefficient (Wildman–Crippen LogP) is 1.09. The number of carbonyl (C=O) groups excluding carboxylic acids is 1. The monoisotopic (exact) mass is 152 g/mol. The lowest BCUT2D eigenvalue weighted by molar-refractivity contribution is -0.137. The van der Waals surface area contributed by atoms with E-state index >= 15 is 0 Å². The predicted molar refractivity (Wildman–Crippen MR) is 35.8 cm³/mol. The molecule has 4 nitrogen and oxygen atoms in total. The molecule has 0 N–H and O–H groups in total. The second-order valence-corrected chi connectivity index (χ2v) is 1.93. The minimum Gasteiger partial charge on any atom is -0.351 e. The highest BCUT2D eigenvalue weighted by molar-refractivity contribution is 5.70. The second kappa shape index (κ2) is 6.57. The van der Waals surface area contributed by atoms with E-state index in [0.717, 1.165) is 0 Å². The average Bonchev–Trinajstić information content (AvgIpc) is 1.99. The van der Waals surface area contributed by atoms with Crippen LogP contribution in [-0.4, -0.2) is 5.97 Å². The van der Waals surface area contributed by atoms with Crippen LogP contribution in [0.25, 0.3) is 0 Å². The summed E-state index contributed by atoms with van der Waals surface area (Å²) in [5.74, 6) is -0.523. The van der Waals surface area contributed by atoms with Crippen LogP contribution in [0.3, 0.4) is 0 Å². The lowest BCUT2D eigenvalue weighted by atomic mass is 10.2. The molecule has 0 aromatic rings. The van der Waals surface area contributed by atoms with Crippen LogP contribution in [0.2, 0.25) is 0 Å². The van der Waals surface area contributed by atoms with E-state index in [0.29, 0.717) is 19.3 Å². The first-order valence-corrected chi connectivity index (χ1v) is 3.27. The van der Waals surface area contributed by atoms with Gasteiger partial charge < -0.3 is 4.74 Å². The summed E-state index contributed by atoms with van der Waals surface area (Å²) in [6.45, 7) is 0. The number of esters is 1. The minimum absolute atomic E-state index is 0.218. The van der Waals surface area contributed by atoms with Gasteiger partial charge in [-0.25, -0.2) is 0 Å². The summed E-state index contributed by atoms with van der Waals surface area (Å²) in [7, 11) is 0. The third kappa shape index (κ3) is 6.33. The van der Waals surface area contributed by atoms with Crippen LogP contribution in [0, 0.1) is 22.8 Å². The maximum Gasteiger partial charge on any atom is 0.321 e. The minimum atomic E-state index is -0.523. The van der Waals surface area contributed by atoms with E-state index in [2.05, 4.69) is 4.74 Å². The molecular weight excluding hydrogens is 144 g/mol. The molecule has 0 aromatic heterocycles. The maximum atomic E-state index is 10.5. The lowest BCUT2D eigenvalue weighted by Gasteiger charge is -1.92. The summed E-state index contributed by atoms with van der Waals surface area (Å²) in [5.41, 5.74) is 0. The van der Waals surface area contributed by atoms with Gasteiger partial charge in [-0.1, -0.05) is 0 Å². The van der Waals surface area contributed by atoms with E-state index < -0.39 is 5.97 Å². The molecule has 0 aromatic carbocycles. The molecule has 0 aliphatic rings. The van der Waals surface area contributed by atoms with E-state index in [9.17, 15) is 4.79 Å². The molecule has 0 atom stereocenters. The van der Waals surface area contributed by atoms with E-state index in [1.54, 1.807) is 0 Å². The topological polar surface area (TPSA) is 73.9 Å². The van der Waals surface area contributed by atoms with Crippen LogP contribution >= 0.6 is 0 Å². The van der Waals surface area contributed by atoms with Crippen LogP contribution in [0.1, 0.15) is 25.7 Å². The quantitative estimate of drug-likeness (QED) is 0.343. The fourth-order valence-electron chi connectivity index (χ4n) is 0.575. The van der Waals surface area contributed by atoms with Crippen molar-refractivity contribution in [2.24, 2.45) is 0 Å². The van der Waals surface area contributed by atoms with Crippen molar-refractivity contribution < 1.29 is 9.53 Å². The van der Waals surface area contributed by atoms with Crippen molar-refractivity contribution in [2.75, 3.05) is 0 Å². The van der Waals surface area contributed by atoms with Crippen molar-refractivity contribution in [2.45, 2.75) is 25.7 Å². The molecule has 0 aliphatic heterocycles. The molecule has 0 saturated heterocycles. The van der Waals surface area contributed by atoms with E-state index in [-0.39, 0.29) is 6.42 Å². The number of nitrogens with zero attached hydrogens (tertiary/aromatic N) is 2. The van der Waals surface area contributed by atoms with Gasteiger partial charge in [0.2, 0.25) is 0 Å². The summed E-state index contributed by atoms with van der Waals surface area (Å²) >= 11 is 0. The number of nitriles is 2. The fraction of sp³-hybridized carbons (Fsp3) is 0.571. The molecule has 0 fully saturated rings. The van der Waals surface area contributed by atoms with Crippen LogP contribution in [0.15, 0.2) is 0 Å². The van der Waals surface area contributed by atoms with Gasteiger partial charge in [0.05, 0.1) is 6.07 Å². The molecule has 0 bridgehead atoms. The van der Waals surface area contributed by atoms with Crippen LogP contribution in [0.5, 0.6) is 0 Å². The molecule has 58 valence electrons. The van der Waals surface area contributed by atoms with Crippen molar-refractivity contribution in [1.29, 1.82) is 10.5 Å². The third-order valence-electron chi connectivity index (χ3n) is 1.08. The molecule has 0 amide bonds. The van der Waals surface area contributed by atoms with E-state index in [1.807, 2.05) is 6.07 Å². The lowest BCUT2D eigenvalue weighted by Crippen LogP contribution is -1.98. The number of carbonyl (C=O) groups is 1. The first-order chi connectivity index (χ1) is 5.31. The smallest absolute Gasteiger partial charge is 0.321 e. The number of hydrogen-bond donors (Lipinski definition) is 0. The fourth-order valence-corrected chi connectivity index (χ4v) is 0.575. The van der Waals surface area contributed by atoms with E-state index in [4.69, 9.17) is 10.5 Å². The highest BCUT2D eigenvalue weighted by Gasteiger charge is 2.00. The van der Waals surface area contributed by atoms with Gasteiger partial charge in [-0.3, -0.25) is 4.79 Å². The Kier molecular flexibility index (Phi) is 5.64. The van der Waals surface area contributed by atoms with Gasteiger partial charge in [0, 0.05) is 12.8 Å². The number of hydrogen-bond acceptors (Lipinski definition) is 4. The van der Waals surface area contributed by atoms with Crippen LogP contribution < -0.4 is 0 Å². The average molecular weight is 152 g/mol. The Hall–Kier alpha value is -1.55. The summed E-state index contributed by atoms with van der Waals surface area (Å²) in [6, 6.07) is 1.96. The summed E-state index contributed by atoms with van der Waals surface area (Å²) < 4.78 is 4.01. The number of unbranched alkanes of at least 4 members (excludes halogenated alkanes) is 2. The van der Waals surface area contributed by atoms with Crippen LogP contribution in [-0.2, 0) is 9.53 Å². The van der Waals surface area contributed by atoms with Crippen molar-refractivity contribution in [3.05, 3.63) is 0 Å². The zero-order chi connectivity index (χ0) is 8.53. The standard InChI is InChI=1S/C7H8N2O2/c8-5-3-1-2-4-7(10)11-6-9/h1-4H2. The largest absolute Gasteiger partial charge is 0.351 e. The summed E-state index contributed by atoms with van der Waals surface area (Å²) in [4.78, 5) is 10.5. The molecule has 0 spiro atoms. The molecule has 0 saturated carbocycles. The summed E-state index contributed by atoms with van der Waals surface area (Å²) in [6.07, 6.45) is 3.24. The molecular formula is C7H8N2O2. The SMILES string of the molecule is N#CCCCCC(=O)OC#N. The Labute approximate surface area is 65.0 Å². The van der Waals surface area contributed by atoms with Gasteiger partial charge in [0.25, 0.3) is 6.26 Å². The van der Waals surface area contributed by atoms with Crippen LogP contribution in [0.4, 0.5) is 0 Å². The molecule has 0 rings (SSSR count). The molecule has 4 heteroatoms. The zero-order valence-electron chi connectivity index (χ0n) is 6.04. The first kappa shape index (κ1) is 9.45. The highest BCUT2D eigenvalue weighted by Crippen LogP contribution is 1.99. The maximum absolute atomic E-state index is 10.5. The van der Waals surface area contributed by atoms with Gasteiger partial charge in [0.15, 0.2) is 0 Å². The number of ether oxygens (including phenoxy) is 1. The van der Waals surface area contributed by atoms with Crippen molar-refractivity contribution >= 4 is 5.97 Å². The first-order valence-electron chi connectivity index (χ1n) is 3.27. The zero-order valence-corrected chi connectivity index (χ0v) is 6.04. The van der Waals surface area contributed by atoms with Crippen molar-refractivity contribution in [3.8, 4) is 12.3 Å². The Morgan fingerprint density at radius 1 is 1.36 bits per heavy atom. The van der Waals surface area contributed by atoms with Crippen molar-refractivity contribution in [3.63, 3.8) is 0 Å². The van der Waals surface area contributed by atoms with Gasteiger partial charge in [0.1, 0.15) is 0 Å². The molecule has 0 unspecified atom stereocenters. The van der Waals surface area contributed by atoms with Gasteiger partial charge >= 0.3 is 5.97 Å². The Morgan fingerprint density at radius 2 is 2.09 bits per heavy atom.